The first-order chi connectivity index (χ1) is 12.8. The van der Waals surface area contributed by atoms with Crippen LogP contribution >= 0.6 is 0 Å². The lowest BCUT2D eigenvalue weighted by Gasteiger charge is -2.09. The summed E-state index contributed by atoms with van der Waals surface area (Å²) in [5.74, 6) is -0.827. The zero-order valence-corrected chi connectivity index (χ0v) is 13.9. The van der Waals surface area contributed by atoms with Crippen LogP contribution in [0.5, 0.6) is 0 Å². The van der Waals surface area contributed by atoms with Gasteiger partial charge in [0.25, 0.3) is 11.8 Å². The van der Waals surface area contributed by atoms with E-state index in [1.165, 1.54) is 6.33 Å². The Labute approximate surface area is 151 Å². The van der Waals surface area contributed by atoms with Crippen molar-refractivity contribution in [3.63, 3.8) is 0 Å². The molecule has 0 aliphatic heterocycles. The molecule has 0 atom stereocenters. The van der Waals surface area contributed by atoms with Crippen molar-refractivity contribution in [1.82, 2.24) is 20.6 Å². The van der Waals surface area contributed by atoms with Gasteiger partial charge in [0.2, 0.25) is 0 Å². The number of amides is 2. The fraction of sp³-hybridized carbons (Fsp3) is 0.167. The van der Waals surface area contributed by atoms with Gasteiger partial charge in [0.1, 0.15) is 0 Å². The van der Waals surface area contributed by atoms with Crippen molar-refractivity contribution in [2.45, 2.75) is 6.18 Å². The molecular weight excluding hydrogens is 361 g/mol. The van der Waals surface area contributed by atoms with Crippen LogP contribution in [0.3, 0.4) is 0 Å². The lowest BCUT2D eigenvalue weighted by Crippen LogP contribution is -2.34. The highest BCUT2D eigenvalue weighted by molar-refractivity contribution is 5.97. The van der Waals surface area contributed by atoms with E-state index in [4.69, 9.17) is 0 Å². The fourth-order valence-corrected chi connectivity index (χ4v) is 2.44. The topological polar surface area (TPSA) is 86.9 Å². The number of benzene rings is 2. The van der Waals surface area contributed by atoms with E-state index in [9.17, 15) is 22.8 Å². The van der Waals surface area contributed by atoms with Crippen molar-refractivity contribution < 1.29 is 22.8 Å². The van der Waals surface area contributed by atoms with E-state index in [1.54, 1.807) is 18.2 Å². The molecule has 3 N–H and O–H groups in total. The van der Waals surface area contributed by atoms with Gasteiger partial charge in [0.15, 0.2) is 0 Å². The predicted octanol–water partition coefficient (Wildman–Crippen LogP) is 2.74. The maximum Gasteiger partial charge on any atom is 0.416 e. The molecule has 1 aromatic heterocycles. The van der Waals surface area contributed by atoms with Crippen LogP contribution in [0, 0.1) is 0 Å². The number of rotatable bonds is 5. The second-order valence-electron chi connectivity index (χ2n) is 5.72. The van der Waals surface area contributed by atoms with Crippen molar-refractivity contribution in [1.29, 1.82) is 0 Å². The molecule has 0 saturated carbocycles. The Balaban J connectivity index is 1.47. The monoisotopic (exact) mass is 376 g/mol. The molecule has 2 amide bonds. The van der Waals surface area contributed by atoms with Crippen LogP contribution < -0.4 is 10.6 Å². The van der Waals surface area contributed by atoms with E-state index in [-0.39, 0.29) is 24.6 Å². The zero-order chi connectivity index (χ0) is 19.4. The highest BCUT2D eigenvalue weighted by Gasteiger charge is 2.30. The molecule has 0 fully saturated rings. The van der Waals surface area contributed by atoms with Gasteiger partial charge in [-0.05, 0) is 42.5 Å². The number of nitrogens with one attached hydrogen (secondary N) is 3. The van der Waals surface area contributed by atoms with Gasteiger partial charge in [-0.1, -0.05) is 0 Å². The largest absolute Gasteiger partial charge is 0.416 e. The second-order valence-corrected chi connectivity index (χ2v) is 5.72. The smallest absolute Gasteiger partial charge is 0.350 e. The molecule has 9 heteroatoms. The first-order valence-electron chi connectivity index (χ1n) is 8.01. The summed E-state index contributed by atoms with van der Waals surface area (Å²) in [5, 5.41) is 5.19. The van der Waals surface area contributed by atoms with Crippen LogP contribution in [0.15, 0.2) is 48.8 Å². The summed E-state index contributed by atoms with van der Waals surface area (Å²) >= 11 is 0. The van der Waals surface area contributed by atoms with Gasteiger partial charge < -0.3 is 15.6 Å². The van der Waals surface area contributed by atoms with Crippen molar-refractivity contribution in [3.8, 4) is 0 Å². The summed E-state index contributed by atoms with van der Waals surface area (Å²) in [5.41, 5.74) is 1.22. The summed E-state index contributed by atoms with van der Waals surface area (Å²) < 4.78 is 37.5. The Morgan fingerprint density at radius 1 is 0.926 bits per heavy atom. The Hall–Kier alpha value is -3.36. The fourth-order valence-electron chi connectivity index (χ4n) is 2.44. The summed E-state index contributed by atoms with van der Waals surface area (Å²) in [6.45, 7) is 0.310. The van der Waals surface area contributed by atoms with Crippen LogP contribution in [0.25, 0.3) is 11.0 Å². The molecule has 27 heavy (non-hydrogen) atoms. The summed E-state index contributed by atoms with van der Waals surface area (Å²) in [6.07, 6.45) is -2.92. The van der Waals surface area contributed by atoms with Crippen LogP contribution in [0.2, 0.25) is 0 Å². The van der Waals surface area contributed by atoms with E-state index in [0.29, 0.717) is 5.56 Å². The van der Waals surface area contributed by atoms with Gasteiger partial charge in [-0.25, -0.2) is 4.98 Å². The Morgan fingerprint density at radius 2 is 1.52 bits per heavy atom. The number of aromatic amines is 1. The average molecular weight is 376 g/mol. The molecule has 0 aliphatic rings. The number of imidazole rings is 1. The SMILES string of the molecule is O=C(NCCNC(=O)c1ccc2nc[nH]c2c1)c1ccc(C(F)(F)F)cc1. The maximum absolute atomic E-state index is 12.5. The number of alkyl halides is 3. The molecule has 0 aliphatic carbocycles. The first-order valence-corrected chi connectivity index (χ1v) is 8.01. The molecule has 6 nitrogen and oxygen atoms in total. The van der Waals surface area contributed by atoms with Gasteiger partial charge in [-0.15, -0.1) is 0 Å². The van der Waals surface area contributed by atoms with Crippen LogP contribution in [-0.4, -0.2) is 34.9 Å². The minimum absolute atomic E-state index is 0.110. The number of H-pyrrole nitrogens is 1. The highest BCUT2D eigenvalue weighted by atomic mass is 19.4. The van der Waals surface area contributed by atoms with E-state index in [0.717, 1.165) is 35.3 Å². The molecule has 0 spiro atoms. The lowest BCUT2D eigenvalue weighted by molar-refractivity contribution is -0.137. The van der Waals surface area contributed by atoms with Gasteiger partial charge in [0, 0.05) is 24.2 Å². The highest BCUT2D eigenvalue weighted by Crippen LogP contribution is 2.29. The number of halogens is 3. The van der Waals surface area contributed by atoms with Crippen LogP contribution in [-0.2, 0) is 6.18 Å². The number of aromatic nitrogens is 2. The summed E-state index contributed by atoms with van der Waals surface area (Å²) in [7, 11) is 0. The van der Waals surface area contributed by atoms with E-state index >= 15 is 0 Å². The molecule has 0 unspecified atom stereocenters. The standard InChI is InChI=1S/C18H15F3N4O2/c19-18(20,21)13-4-1-11(2-5-13)16(26)22-7-8-23-17(27)12-3-6-14-15(9-12)25-10-24-14/h1-6,9-10H,7-8H2,(H,22,26)(H,23,27)(H,24,25). The third-order valence-electron chi connectivity index (χ3n) is 3.85. The predicted molar refractivity (Wildman–Crippen MR) is 92.2 cm³/mol. The summed E-state index contributed by atoms with van der Waals surface area (Å²) in [6, 6.07) is 8.93. The molecule has 2 aromatic carbocycles. The molecular formula is C18H15F3N4O2. The first kappa shape index (κ1) is 18.4. The number of carbonyl (C=O) groups is 2. The zero-order valence-electron chi connectivity index (χ0n) is 13.9. The lowest BCUT2D eigenvalue weighted by atomic mass is 10.1. The van der Waals surface area contributed by atoms with E-state index in [1.807, 2.05) is 0 Å². The molecule has 0 radical (unpaired) electrons. The van der Waals surface area contributed by atoms with Crippen molar-refractivity contribution in [3.05, 3.63) is 65.5 Å². The maximum atomic E-state index is 12.5. The minimum atomic E-state index is -4.45. The number of fused-ring (bicyclic) bond motifs is 1. The molecule has 3 rings (SSSR count). The Kier molecular flexibility index (Phi) is 5.11. The van der Waals surface area contributed by atoms with E-state index < -0.39 is 17.6 Å². The average Bonchev–Trinajstić information content (AvgIpc) is 3.12. The molecule has 0 bridgehead atoms. The third kappa shape index (κ3) is 4.43. The quantitative estimate of drug-likeness (QED) is 0.599. The Morgan fingerprint density at radius 3 is 2.15 bits per heavy atom. The van der Waals surface area contributed by atoms with Crippen LogP contribution in [0.4, 0.5) is 13.2 Å². The summed E-state index contributed by atoms with van der Waals surface area (Å²) in [4.78, 5) is 31.0. The normalized spacial score (nSPS) is 11.4. The molecule has 140 valence electrons. The van der Waals surface area contributed by atoms with Gasteiger partial charge in [-0.2, -0.15) is 13.2 Å². The minimum Gasteiger partial charge on any atom is -0.350 e. The Bertz CT molecular complexity index is 965. The van der Waals surface area contributed by atoms with Crippen molar-refractivity contribution in [2.24, 2.45) is 0 Å². The second kappa shape index (κ2) is 7.48. The number of hydrogen-bond acceptors (Lipinski definition) is 3. The molecule has 3 aromatic rings. The van der Waals surface area contributed by atoms with E-state index in [2.05, 4.69) is 20.6 Å². The van der Waals surface area contributed by atoms with Gasteiger partial charge in [0.05, 0.1) is 22.9 Å². The van der Waals surface area contributed by atoms with Gasteiger partial charge >= 0.3 is 6.18 Å². The molecule has 0 saturated heterocycles. The number of nitrogens with zero attached hydrogens (tertiary/aromatic N) is 1. The third-order valence-corrected chi connectivity index (χ3v) is 3.85. The van der Waals surface area contributed by atoms with Crippen LogP contribution in [0.1, 0.15) is 26.3 Å². The van der Waals surface area contributed by atoms with Crippen molar-refractivity contribution in [2.75, 3.05) is 13.1 Å². The molecule has 1 heterocycles. The van der Waals surface area contributed by atoms with Crippen molar-refractivity contribution >= 4 is 22.8 Å². The number of hydrogen-bond donors (Lipinski definition) is 3. The number of carbonyl (C=O) groups excluding carboxylic acids is 2. The van der Waals surface area contributed by atoms with Gasteiger partial charge in [-0.3, -0.25) is 9.59 Å².